The van der Waals surface area contributed by atoms with E-state index in [1.807, 2.05) is 0 Å². The Morgan fingerprint density at radius 2 is 2.03 bits per heavy atom. The maximum absolute atomic E-state index is 13.4. The predicted molar refractivity (Wildman–Crippen MR) is 120 cm³/mol. The van der Waals surface area contributed by atoms with E-state index in [2.05, 4.69) is 4.99 Å². The zero-order valence-electron chi connectivity index (χ0n) is 16.9. The molecule has 0 saturated carbocycles. The van der Waals surface area contributed by atoms with E-state index >= 15 is 0 Å². The average molecular weight is 470 g/mol. The Morgan fingerprint density at radius 3 is 2.72 bits per heavy atom. The van der Waals surface area contributed by atoms with Crippen LogP contribution in [0.2, 0.25) is 5.02 Å². The molecule has 0 N–H and O–H groups in total. The molecule has 3 aromatic rings. The van der Waals surface area contributed by atoms with Gasteiger partial charge in [-0.2, -0.15) is 0 Å². The Balaban J connectivity index is 1.98. The van der Waals surface area contributed by atoms with Crippen molar-refractivity contribution in [3.8, 4) is 0 Å². The molecule has 0 unspecified atom stereocenters. The molecular formula is C22H16ClN3O5S. The van der Waals surface area contributed by atoms with Crippen molar-refractivity contribution in [1.29, 1.82) is 0 Å². The number of nitro groups is 1. The molecule has 4 rings (SSSR count). The van der Waals surface area contributed by atoms with Crippen LogP contribution in [0, 0.1) is 10.1 Å². The topological polar surface area (TPSA) is 104 Å². The molecule has 32 heavy (non-hydrogen) atoms. The molecule has 8 nitrogen and oxygen atoms in total. The first-order valence-corrected chi connectivity index (χ1v) is 10.6. The number of rotatable bonds is 4. The molecule has 0 fully saturated rings. The van der Waals surface area contributed by atoms with Gasteiger partial charge in [0.05, 0.1) is 27.8 Å². The quantitative estimate of drug-likeness (QED) is 0.332. The fourth-order valence-corrected chi connectivity index (χ4v) is 4.85. The number of ether oxygens (including phenoxy) is 1. The number of esters is 1. The number of allylic oxidation sites excluding steroid dienone is 1. The fourth-order valence-electron chi connectivity index (χ4n) is 3.56. The summed E-state index contributed by atoms with van der Waals surface area (Å²) in [5.41, 5.74) is 1.23. The number of nitrogens with zero attached hydrogens (tertiary/aromatic N) is 3. The molecule has 0 aliphatic carbocycles. The highest BCUT2D eigenvalue weighted by Crippen LogP contribution is 2.34. The van der Waals surface area contributed by atoms with Gasteiger partial charge in [-0.25, -0.2) is 9.79 Å². The van der Waals surface area contributed by atoms with Crippen molar-refractivity contribution in [1.82, 2.24) is 4.57 Å². The normalized spacial score (nSPS) is 15.8. The number of aromatic nitrogens is 1. The van der Waals surface area contributed by atoms with Gasteiger partial charge in [0.1, 0.15) is 6.04 Å². The van der Waals surface area contributed by atoms with Crippen LogP contribution in [0.25, 0.3) is 6.08 Å². The minimum atomic E-state index is -0.820. The van der Waals surface area contributed by atoms with E-state index in [9.17, 15) is 19.7 Å². The van der Waals surface area contributed by atoms with E-state index in [0.29, 0.717) is 31.2 Å². The van der Waals surface area contributed by atoms with E-state index in [0.717, 1.165) is 11.3 Å². The zero-order chi connectivity index (χ0) is 23.0. The first kappa shape index (κ1) is 21.7. The lowest BCUT2D eigenvalue weighted by atomic mass is 9.96. The molecule has 10 heteroatoms. The molecule has 1 aliphatic rings. The predicted octanol–water partition coefficient (Wildman–Crippen LogP) is 2.97. The second-order valence-corrected chi connectivity index (χ2v) is 8.36. The molecule has 0 bridgehead atoms. The number of hydrogen-bond donors (Lipinski definition) is 0. The number of thiazole rings is 1. The maximum atomic E-state index is 13.4. The Kier molecular flexibility index (Phi) is 5.77. The number of nitro benzene ring substituents is 1. The first-order chi connectivity index (χ1) is 15.3. The number of halogens is 1. The van der Waals surface area contributed by atoms with Gasteiger partial charge in [-0.1, -0.05) is 53.3 Å². The van der Waals surface area contributed by atoms with Crippen LogP contribution < -0.4 is 14.9 Å². The van der Waals surface area contributed by atoms with Gasteiger partial charge in [-0.05, 0) is 30.2 Å². The van der Waals surface area contributed by atoms with E-state index < -0.39 is 16.9 Å². The largest absolute Gasteiger partial charge is 0.466 e. The fraction of sp³-hybridized carbons (Fsp3) is 0.136. The maximum Gasteiger partial charge on any atom is 0.338 e. The van der Waals surface area contributed by atoms with Gasteiger partial charge in [0.2, 0.25) is 0 Å². The molecule has 1 atom stereocenters. The minimum Gasteiger partial charge on any atom is -0.466 e. The third-order valence-electron chi connectivity index (χ3n) is 5.01. The lowest BCUT2D eigenvalue weighted by molar-refractivity contribution is -0.384. The Hall–Kier alpha value is -3.56. The van der Waals surface area contributed by atoms with Crippen LogP contribution in [-0.2, 0) is 9.53 Å². The van der Waals surface area contributed by atoms with Gasteiger partial charge in [-0.15, -0.1) is 0 Å². The van der Waals surface area contributed by atoms with Crippen molar-refractivity contribution in [3.05, 3.63) is 106 Å². The van der Waals surface area contributed by atoms with Crippen molar-refractivity contribution in [3.63, 3.8) is 0 Å². The van der Waals surface area contributed by atoms with Crippen molar-refractivity contribution in [2.75, 3.05) is 7.11 Å². The van der Waals surface area contributed by atoms with Gasteiger partial charge < -0.3 is 4.74 Å². The molecule has 2 heterocycles. The first-order valence-electron chi connectivity index (χ1n) is 9.41. The van der Waals surface area contributed by atoms with Crippen LogP contribution in [0.3, 0.4) is 0 Å². The van der Waals surface area contributed by atoms with Crippen LogP contribution in [0.15, 0.2) is 69.6 Å². The number of fused-ring (bicyclic) bond motifs is 1. The summed E-state index contributed by atoms with van der Waals surface area (Å²) in [5, 5.41) is 11.5. The number of benzene rings is 2. The highest BCUT2D eigenvalue weighted by Gasteiger charge is 2.34. The van der Waals surface area contributed by atoms with Crippen molar-refractivity contribution in [2.45, 2.75) is 13.0 Å². The highest BCUT2D eigenvalue weighted by atomic mass is 35.5. The second kappa shape index (κ2) is 8.52. The van der Waals surface area contributed by atoms with Gasteiger partial charge >= 0.3 is 5.97 Å². The summed E-state index contributed by atoms with van der Waals surface area (Å²) in [6.07, 6.45) is 1.57. The molecule has 0 radical (unpaired) electrons. The standard InChI is InChI=1S/C22H16ClN3O5S/c1-12-18(21(28)31-2)19(15-8-3-4-9-16(15)23)25-20(27)17(32-22(25)24-12)11-13-6-5-7-14(10-13)26(29)30/h3-11,19H,1-2H3/b17-11-/t19-/m1/s1. The van der Waals surface area contributed by atoms with E-state index in [4.69, 9.17) is 16.3 Å². The minimum absolute atomic E-state index is 0.0794. The third kappa shape index (κ3) is 3.76. The number of methoxy groups -OCH3 is 1. The number of carbonyl (C=O) groups excluding carboxylic acids is 1. The van der Waals surface area contributed by atoms with Crippen LogP contribution in [0.5, 0.6) is 0 Å². The van der Waals surface area contributed by atoms with Crippen LogP contribution >= 0.6 is 22.9 Å². The molecular weight excluding hydrogens is 454 g/mol. The summed E-state index contributed by atoms with van der Waals surface area (Å²) in [6, 6.07) is 12.1. The molecule has 0 spiro atoms. The van der Waals surface area contributed by atoms with Crippen LogP contribution in [0.4, 0.5) is 5.69 Å². The summed E-state index contributed by atoms with van der Waals surface area (Å²) < 4.78 is 6.69. The summed E-state index contributed by atoms with van der Waals surface area (Å²) in [4.78, 5) is 41.5. The average Bonchev–Trinajstić information content (AvgIpc) is 3.07. The van der Waals surface area contributed by atoms with E-state index in [1.54, 1.807) is 49.4 Å². The summed E-state index contributed by atoms with van der Waals surface area (Å²) in [5.74, 6) is -0.607. The van der Waals surface area contributed by atoms with Crippen molar-refractivity contribution in [2.24, 2.45) is 4.99 Å². The Labute approximate surface area is 190 Å². The van der Waals surface area contributed by atoms with Crippen LogP contribution in [-0.4, -0.2) is 22.6 Å². The summed E-state index contributed by atoms with van der Waals surface area (Å²) in [7, 11) is 1.26. The lowest BCUT2D eigenvalue weighted by Gasteiger charge is -2.25. The molecule has 1 aromatic heterocycles. The van der Waals surface area contributed by atoms with Crippen molar-refractivity contribution >= 4 is 40.7 Å². The summed E-state index contributed by atoms with van der Waals surface area (Å²) >= 11 is 7.56. The lowest BCUT2D eigenvalue weighted by Crippen LogP contribution is -2.39. The molecule has 0 amide bonds. The third-order valence-corrected chi connectivity index (χ3v) is 6.33. The van der Waals surface area contributed by atoms with Gasteiger partial charge in [0, 0.05) is 17.2 Å². The number of non-ortho nitro benzene ring substituents is 1. The van der Waals surface area contributed by atoms with Crippen molar-refractivity contribution < 1.29 is 14.5 Å². The van der Waals surface area contributed by atoms with Gasteiger partial charge in [0.25, 0.3) is 11.2 Å². The Morgan fingerprint density at radius 1 is 1.28 bits per heavy atom. The van der Waals surface area contributed by atoms with E-state index in [-0.39, 0.29) is 16.8 Å². The van der Waals surface area contributed by atoms with E-state index in [1.165, 1.54) is 23.8 Å². The summed E-state index contributed by atoms with van der Waals surface area (Å²) in [6.45, 7) is 1.67. The van der Waals surface area contributed by atoms with Gasteiger partial charge in [-0.3, -0.25) is 19.5 Å². The number of hydrogen-bond acceptors (Lipinski definition) is 7. The monoisotopic (exact) mass is 469 g/mol. The molecule has 2 aromatic carbocycles. The Bertz CT molecular complexity index is 1470. The number of carbonyl (C=O) groups is 1. The zero-order valence-corrected chi connectivity index (χ0v) is 18.5. The molecule has 1 aliphatic heterocycles. The SMILES string of the molecule is COC(=O)C1=C(C)N=c2s/c(=C\c3cccc([N+](=O)[O-])c3)c(=O)n2[C@@H]1c1ccccc1Cl. The van der Waals surface area contributed by atoms with Crippen LogP contribution in [0.1, 0.15) is 24.1 Å². The highest BCUT2D eigenvalue weighted by molar-refractivity contribution is 7.07. The smallest absolute Gasteiger partial charge is 0.338 e. The molecule has 162 valence electrons. The second-order valence-electron chi connectivity index (χ2n) is 6.95. The molecule has 0 saturated heterocycles. The van der Waals surface area contributed by atoms with Gasteiger partial charge in [0.15, 0.2) is 4.80 Å².